The lowest BCUT2D eigenvalue weighted by molar-refractivity contribution is -0.385. The van der Waals surface area contributed by atoms with E-state index in [1.807, 2.05) is 0 Å². The zero-order chi connectivity index (χ0) is 10.8. The number of aldehydes is 1. The summed E-state index contributed by atoms with van der Waals surface area (Å²) in [5.74, 6) is 0.270. The maximum atomic E-state index is 10.7. The van der Waals surface area contributed by atoms with E-state index in [4.69, 9.17) is 4.74 Å². The number of carbonyl (C=O) groups excluding carboxylic acids is 1. The first-order valence-electron chi connectivity index (χ1n) is 4.57. The van der Waals surface area contributed by atoms with Crippen LogP contribution in [0.15, 0.2) is 18.2 Å². The molecule has 1 unspecified atom stereocenters. The number of para-hydroxylation sites is 1. The second-order valence-electron chi connectivity index (χ2n) is 3.36. The molecule has 1 aliphatic heterocycles. The average Bonchev–Trinajstić information content (AvgIpc) is 2.62. The molecule has 78 valence electrons. The monoisotopic (exact) mass is 207 g/mol. The van der Waals surface area contributed by atoms with Gasteiger partial charge in [0.1, 0.15) is 6.29 Å². The molecule has 0 saturated heterocycles. The number of nitro groups is 1. The Kier molecular flexibility index (Phi) is 2.37. The first-order valence-corrected chi connectivity index (χ1v) is 4.57. The fraction of sp³-hybridized carbons (Fsp3) is 0.300. The van der Waals surface area contributed by atoms with Crippen LogP contribution in [0, 0.1) is 10.1 Å². The molecule has 1 aromatic rings. The van der Waals surface area contributed by atoms with Crippen LogP contribution < -0.4 is 4.74 Å². The van der Waals surface area contributed by atoms with Crippen molar-refractivity contribution >= 4 is 12.0 Å². The van der Waals surface area contributed by atoms with Gasteiger partial charge in [0.25, 0.3) is 0 Å². The van der Waals surface area contributed by atoms with Gasteiger partial charge in [-0.15, -0.1) is 0 Å². The molecule has 1 heterocycles. The molecular weight excluding hydrogens is 198 g/mol. The summed E-state index contributed by atoms with van der Waals surface area (Å²) in [6.07, 6.45) is 1.15. The second kappa shape index (κ2) is 3.68. The van der Waals surface area contributed by atoms with Crippen molar-refractivity contribution < 1.29 is 14.5 Å². The van der Waals surface area contributed by atoms with Gasteiger partial charge in [-0.3, -0.25) is 10.1 Å². The van der Waals surface area contributed by atoms with E-state index in [1.165, 1.54) is 6.07 Å². The Bertz CT molecular complexity index is 416. The Balaban J connectivity index is 2.43. The van der Waals surface area contributed by atoms with Gasteiger partial charge in [-0.1, -0.05) is 12.1 Å². The molecule has 0 radical (unpaired) electrons. The van der Waals surface area contributed by atoms with Crippen LogP contribution in [0.5, 0.6) is 5.75 Å². The third-order valence-corrected chi connectivity index (χ3v) is 2.47. The van der Waals surface area contributed by atoms with E-state index in [9.17, 15) is 14.9 Å². The number of carbonyl (C=O) groups is 1. The van der Waals surface area contributed by atoms with Crippen molar-refractivity contribution in [1.82, 2.24) is 0 Å². The highest BCUT2D eigenvalue weighted by Crippen LogP contribution is 2.41. The van der Waals surface area contributed by atoms with Crippen LogP contribution in [0.4, 0.5) is 5.69 Å². The van der Waals surface area contributed by atoms with Gasteiger partial charge in [0.2, 0.25) is 5.75 Å². The quantitative estimate of drug-likeness (QED) is 0.429. The summed E-state index contributed by atoms with van der Waals surface area (Å²) < 4.78 is 5.26. The van der Waals surface area contributed by atoms with Crippen LogP contribution >= 0.6 is 0 Å². The minimum absolute atomic E-state index is 0.0269. The van der Waals surface area contributed by atoms with E-state index in [2.05, 4.69) is 0 Å². The molecule has 1 aliphatic rings. The van der Waals surface area contributed by atoms with E-state index < -0.39 is 4.92 Å². The number of ether oxygens (including phenoxy) is 1. The number of nitrogens with zero attached hydrogens (tertiary/aromatic N) is 1. The topological polar surface area (TPSA) is 69.4 Å². The minimum Gasteiger partial charge on any atom is -0.486 e. The number of fused-ring (bicyclic) bond motifs is 1. The van der Waals surface area contributed by atoms with Gasteiger partial charge in [-0.05, 0) is 0 Å². The van der Waals surface area contributed by atoms with Gasteiger partial charge in [-0.25, -0.2) is 0 Å². The van der Waals surface area contributed by atoms with E-state index >= 15 is 0 Å². The number of hydrogen-bond donors (Lipinski definition) is 0. The lowest BCUT2D eigenvalue weighted by Gasteiger charge is -2.02. The highest BCUT2D eigenvalue weighted by atomic mass is 16.6. The molecule has 0 aliphatic carbocycles. The molecule has 0 aromatic heterocycles. The first-order chi connectivity index (χ1) is 7.24. The SMILES string of the molecule is O=CCC1COc2c1cccc2[N+](=O)[O-]. The lowest BCUT2D eigenvalue weighted by Crippen LogP contribution is -2.00. The molecule has 0 fully saturated rings. The van der Waals surface area contributed by atoms with Crippen molar-refractivity contribution in [2.75, 3.05) is 6.61 Å². The predicted octanol–water partition coefficient (Wildman–Crippen LogP) is 1.66. The normalized spacial score (nSPS) is 18.0. The smallest absolute Gasteiger partial charge is 0.311 e. The van der Waals surface area contributed by atoms with Crippen LogP contribution in [-0.4, -0.2) is 17.8 Å². The van der Waals surface area contributed by atoms with Gasteiger partial charge in [0.15, 0.2) is 0 Å². The van der Waals surface area contributed by atoms with E-state index in [0.29, 0.717) is 18.8 Å². The predicted molar refractivity (Wildman–Crippen MR) is 52.0 cm³/mol. The Morgan fingerprint density at radius 1 is 1.60 bits per heavy atom. The molecule has 0 bridgehead atoms. The number of nitro benzene ring substituents is 1. The second-order valence-corrected chi connectivity index (χ2v) is 3.36. The van der Waals surface area contributed by atoms with Crippen molar-refractivity contribution in [3.8, 4) is 5.75 Å². The maximum absolute atomic E-state index is 10.7. The summed E-state index contributed by atoms with van der Waals surface area (Å²) >= 11 is 0. The Morgan fingerprint density at radius 2 is 2.40 bits per heavy atom. The largest absolute Gasteiger partial charge is 0.486 e. The van der Waals surface area contributed by atoms with Gasteiger partial charge < -0.3 is 9.53 Å². The summed E-state index contributed by atoms with van der Waals surface area (Å²) in [5, 5.41) is 10.7. The molecule has 2 rings (SSSR count). The fourth-order valence-corrected chi connectivity index (χ4v) is 1.75. The van der Waals surface area contributed by atoms with Crippen LogP contribution in [0.25, 0.3) is 0 Å². The average molecular weight is 207 g/mol. The summed E-state index contributed by atoms with van der Waals surface area (Å²) in [6, 6.07) is 4.79. The van der Waals surface area contributed by atoms with Gasteiger partial charge >= 0.3 is 5.69 Å². The van der Waals surface area contributed by atoms with E-state index in [1.54, 1.807) is 12.1 Å². The van der Waals surface area contributed by atoms with Crippen molar-refractivity contribution in [2.24, 2.45) is 0 Å². The van der Waals surface area contributed by atoms with Crippen LogP contribution in [-0.2, 0) is 4.79 Å². The standard InChI is InChI=1S/C10H9NO4/c12-5-4-7-6-15-10-8(7)2-1-3-9(10)11(13)14/h1-3,5,7H,4,6H2. The summed E-state index contributed by atoms with van der Waals surface area (Å²) in [6.45, 7) is 0.346. The van der Waals surface area contributed by atoms with Gasteiger partial charge in [0.05, 0.1) is 11.5 Å². The summed E-state index contributed by atoms with van der Waals surface area (Å²) in [7, 11) is 0. The number of benzene rings is 1. The van der Waals surface area contributed by atoms with Gasteiger partial charge in [0, 0.05) is 24.0 Å². The molecular formula is C10H9NO4. The zero-order valence-electron chi connectivity index (χ0n) is 7.88. The number of rotatable bonds is 3. The van der Waals surface area contributed by atoms with Crippen LogP contribution in [0.3, 0.4) is 0 Å². The lowest BCUT2D eigenvalue weighted by atomic mass is 9.98. The van der Waals surface area contributed by atoms with Crippen LogP contribution in [0.1, 0.15) is 17.9 Å². The summed E-state index contributed by atoms with van der Waals surface area (Å²) in [4.78, 5) is 20.6. The molecule has 1 aromatic carbocycles. The minimum atomic E-state index is -0.470. The van der Waals surface area contributed by atoms with E-state index in [0.717, 1.165) is 11.8 Å². The fourth-order valence-electron chi connectivity index (χ4n) is 1.75. The van der Waals surface area contributed by atoms with Crippen LogP contribution in [0.2, 0.25) is 0 Å². The molecule has 5 nitrogen and oxygen atoms in total. The van der Waals surface area contributed by atoms with E-state index in [-0.39, 0.29) is 11.6 Å². The Hall–Kier alpha value is -1.91. The molecule has 1 atom stereocenters. The van der Waals surface area contributed by atoms with Crippen molar-refractivity contribution in [1.29, 1.82) is 0 Å². The number of hydrogen-bond acceptors (Lipinski definition) is 4. The molecule has 15 heavy (non-hydrogen) atoms. The maximum Gasteiger partial charge on any atom is 0.311 e. The molecule has 5 heteroatoms. The third-order valence-electron chi connectivity index (χ3n) is 2.47. The molecule has 0 spiro atoms. The highest BCUT2D eigenvalue weighted by molar-refractivity contribution is 5.59. The summed E-state index contributed by atoms with van der Waals surface area (Å²) in [5.41, 5.74) is 0.734. The highest BCUT2D eigenvalue weighted by Gasteiger charge is 2.30. The molecule has 0 amide bonds. The van der Waals surface area contributed by atoms with Crippen molar-refractivity contribution in [3.05, 3.63) is 33.9 Å². The molecule has 0 N–H and O–H groups in total. The zero-order valence-corrected chi connectivity index (χ0v) is 7.88. The third kappa shape index (κ3) is 1.56. The van der Waals surface area contributed by atoms with Crippen molar-refractivity contribution in [3.63, 3.8) is 0 Å². The Labute approximate surface area is 85.8 Å². The molecule has 0 saturated carbocycles. The van der Waals surface area contributed by atoms with Gasteiger partial charge in [-0.2, -0.15) is 0 Å². The first kappa shape index (κ1) is 9.64. The van der Waals surface area contributed by atoms with Crippen molar-refractivity contribution in [2.45, 2.75) is 12.3 Å². The Morgan fingerprint density at radius 3 is 3.07 bits per heavy atom.